The van der Waals surface area contributed by atoms with Crippen molar-refractivity contribution in [2.45, 2.75) is 12.5 Å². The Balaban J connectivity index is 1.39. The zero-order valence-corrected chi connectivity index (χ0v) is 14.7. The van der Waals surface area contributed by atoms with Crippen molar-refractivity contribution in [3.05, 3.63) is 66.2 Å². The normalized spacial score (nSPS) is 19.6. The van der Waals surface area contributed by atoms with E-state index in [1.165, 1.54) is 0 Å². The summed E-state index contributed by atoms with van der Waals surface area (Å²) in [6.07, 6.45) is 7.57. The number of carbonyl (C=O) groups is 1. The fourth-order valence-corrected chi connectivity index (χ4v) is 3.43. The maximum atomic E-state index is 12.7. The third-order valence-electron chi connectivity index (χ3n) is 4.83. The van der Waals surface area contributed by atoms with Crippen molar-refractivity contribution in [3.8, 4) is 5.69 Å². The molecule has 0 saturated carbocycles. The monoisotopic (exact) mass is 350 g/mol. The summed E-state index contributed by atoms with van der Waals surface area (Å²) >= 11 is 0. The molecule has 0 spiro atoms. The lowest BCUT2D eigenvalue weighted by Crippen LogP contribution is -2.33. The second kappa shape index (κ2) is 7.13. The fourth-order valence-electron chi connectivity index (χ4n) is 3.43. The molecule has 4 rings (SSSR count). The molecule has 1 aliphatic heterocycles. The van der Waals surface area contributed by atoms with Crippen molar-refractivity contribution in [2.75, 3.05) is 13.1 Å². The van der Waals surface area contributed by atoms with Crippen molar-refractivity contribution in [1.29, 1.82) is 0 Å². The minimum Gasteiger partial charge on any atom is -0.352 e. The summed E-state index contributed by atoms with van der Waals surface area (Å²) in [6.45, 7) is 1.96. The van der Waals surface area contributed by atoms with Crippen LogP contribution in [0, 0.1) is 5.92 Å². The van der Waals surface area contributed by atoms with Crippen molar-refractivity contribution in [3.63, 3.8) is 0 Å². The van der Waals surface area contributed by atoms with Crippen LogP contribution in [0.4, 0.5) is 0 Å². The number of hydrogen-bond acceptors (Lipinski definition) is 4. The molecule has 26 heavy (non-hydrogen) atoms. The number of benzene rings is 1. The van der Waals surface area contributed by atoms with Gasteiger partial charge >= 0.3 is 0 Å². The minimum atomic E-state index is -0.0802. The number of hydrogen-bond donors (Lipinski definition) is 2. The third-order valence-corrected chi connectivity index (χ3v) is 4.83. The highest BCUT2D eigenvalue weighted by Crippen LogP contribution is 2.27. The molecule has 134 valence electrons. The van der Waals surface area contributed by atoms with E-state index in [1.54, 1.807) is 10.9 Å². The number of rotatable bonds is 5. The maximum Gasteiger partial charge on any atom is 0.225 e. The lowest BCUT2D eigenvalue weighted by molar-refractivity contribution is -0.125. The molecular formula is C19H22N6O. The molecule has 2 atom stereocenters. The Morgan fingerprint density at radius 2 is 2.04 bits per heavy atom. The third kappa shape index (κ3) is 3.39. The highest BCUT2D eigenvalue weighted by molar-refractivity contribution is 5.80. The van der Waals surface area contributed by atoms with Gasteiger partial charge in [0.1, 0.15) is 0 Å². The summed E-state index contributed by atoms with van der Waals surface area (Å²) in [5, 5.41) is 15.0. The van der Waals surface area contributed by atoms with Gasteiger partial charge < -0.3 is 10.6 Å². The van der Waals surface area contributed by atoms with Gasteiger partial charge in [0.25, 0.3) is 0 Å². The van der Waals surface area contributed by atoms with E-state index < -0.39 is 0 Å². The standard InChI is InChI=1S/C19H22N6O/c1-24-13-15(9-22-24)17-10-20-11-18(17)19(26)21-7-14-8-23-25(12-14)16-5-3-2-4-6-16/h2-6,8-9,12-13,17-18,20H,7,10-11H2,1H3,(H,21,26)/t17-,18+/m1/s1. The van der Waals surface area contributed by atoms with Crippen LogP contribution in [0.15, 0.2) is 55.1 Å². The highest BCUT2D eigenvalue weighted by atomic mass is 16.1. The first-order valence-corrected chi connectivity index (χ1v) is 8.76. The zero-order valence-electron chi connectivity index (χ0n) is 14.7. The van der Waals surface area contributed by atoms with Gasteiger partial charge in [0.15, 0.2) is 0 Å². The Hall–Kier alpha value is -2.93. The van der Waals surface area contributed by atoms with Crippen molar-refractivity contribution in [1.82, 2.24) is 30.2 Å². The number of amides is 1. The quantitative estimate of drug-likeness (QED) is 0.726. The van der Waals surface area contributed by atoms with Gasteiger partial charge in [-0.25, -0.2) is 4.68 Å². The molecule has 3 heterocycles. The van der Waals surface area contributed by atoms with Crippen LogP contribution in [0.1, 0.15) is 17.0 Å². The first kappa shape index (κ1) is 16.5. The van der Waals surface area contributed by atoms with Crippen LogP contribution in [0.5, 0.6) is 0 Å². The van der Waals surface area contributed by atoms with Gasteiger partial charge in [-0.05, 0) is 17.7 Å². The first-order valence-electron chi connectivity index (χ1n) is 8.76. The van der Waals surface area contributed by atoms with E-state index in [2.05, 4.69) is 20.8 Å². The number of aryl methyl sites for hydroxylation is 1. The van der Waals surface area contributed by atoms with E-state index in [0.29, 0.717) is 13.1 Å². The largest absolute Gasteiger partial charge is 0.352 e. The van der Waals surface area contributed by atoms with E-state index in [1.807, 2.05) is 60.7 Å². The lowest BCUT2D eigenvalue weighted by atomic mass is 9.90. The molecule has 0 bridgehead atoms. The van der Waals surface area contributed by atoms with E-state index in [9.17, 15) is 4.79 Å². The van der Waals surface area contributed by atoms with Gasteiger partial charge in [0, 0.05) is 50.6 Å². The molecule has 2 aromatic heterocycles. The van der Waals surface area contributed by atoms with Gasteiger partial charge in [0.05, 0.1) is 24.0 Å². The topological polar surface area (TPSA) is 76.8 Å². The average Bonchev–Trinajstić information content (AvgIpc) is 3.40. The van der Waals surface area contributed by atoms with E-state index in [0.717, 1.165) is 23.4 Å². The summed E-state index contributed by atoms with van der Waals surface area (Å²) in [7, 11) is 1.89. The predicted molar refractivity (Wildman–Crippen MR) is 97.7 cm³/mol. The molecule has 1 aromatic carbocycles. The van der Waals surface area contributed by atoms with Gasteiger partial charge in [-0.2, -0.15) is 10.2 Å². The summed E-state index contributed by atoms with van der Waals surface area (Å²) in [4.78, 5) is 12.7. The molecule has 7 heteroatoms. The van der Waals surface area contributed by atoms with Crippen molar-refractivity contribution in [2.24, 2.45) is 13.0 Å². The van der Waals surface area contributed by atoms with Gasteiger partial charge in [-0.15, -0.1) is 0 Å². The molecule has 1 amide bonds. The Morgan fingerprint density at radius 3 is 2.81 bits per heavy atom. The fraction of sp³-hybridized carbons (Fsp3) is 0.316. The Morgan fingerprint density at radius 1 is 1.19 bits per heavy atom. The molecular weight excluding hydrogens is 328 g/mol. The van der Waals surface area contributed by atoms with Gasteiger partial charge in [-0.1, -0.05) is 18.2 Å². The number of nitrogens with one attached hydrogen (secondary N) is 2. The van der Waals surface area contributed by atoms with Crippen LogP contribution in [0.25, 0.3) is 5.69 Å². The number of aromatic nitrogens is 4. The van der Waals surface area contributed by atoms with Crippen LogP contribution in [0.2, 0.25) is 0 Å². The van der Waals surface area contributed by atoms with E-state index >= 15 is 0 Å². The second-order valence-corrected chi connectivity index (χ2v) is 6.67. The highest BCUT2D eigenvalue weighted by Gasteiger charge is 2.34. The molecule has 1 fully saturated rings. The molecule has 2 N–H and O–H groups in total. The lowest BCUT2D eigenvalue weighted by Gasteiger charge is -2.16. The Bertz CT molecular complexity index is 884. The summed E-state index contributed by atoms with van der Waals surface area (Å²) < 4.78 is 3.59. The minimum absolute atomic E-state index is 0.0660. The smallest absolute Gasteiger partial charge is 0.225 e. The van der Waals surface area contributed by atoms with Crippen LogP contribution < -0.4 is 10.6 Å². The van der Waals surface area contributed by atoms with Crippen LogP contribution >= 0.6 is 0 Å². The molecule has 0 radical (unpaired) electrons. The molecule has 7 nitrogen and oxygen atoms in total. The Kier molecular flexibility index (Phi) is 4.53. The average molecular weight is 350 g/mol. The molecule has 1 aliphatic rings. The zero-order chi connectivity index (χ0) is 17.9. The number of nitrogens with zero attached hydrogens (tertiary/aromatic N) is 4. The summed E-state index contributed by atoms with van der Waals surface area (Å²) in [5.74, 6) is 0.149. The Labute approximate surface area is 152 Å². The van der Waals surface area contributed by atoms with Crippen molar-refractivity contribution < 1.29 is 4.79 Å². The van der Waals surface area contributed by atoms with Gasteiger partial charge in [-0.3, -0.25) is 9.48 Å². The van der Waals surface area contributed by atoms with Crippen LogP contribution in [-0.4, -0.2) is 38.6 Å². The van der Waals surface area contributed by atoms with Crippen LogP contribution in [0.3, 0.4) is 0 Å². The summed E-state index contributed by atoms with van der Waals surface area (Å²) in [6, 6.07) is 9.92. The SMILES string of the molecule is Cn1cc([C@H]2CNC[C@@H]2C(=O)NCc2cnn(-c3ccccc3)c2)cn1. The summed E-state index contributed by atoms with van der Waals surface area (Å²) in [5.41, 5.74) is 3.09. The molecule has 0 unspecified atom stereocenters. The predicted octanol–water partition coefficient (Wildman–Crippen LogP) is 1.23. The molecule has 0 aliphatic carbocycles. The van der Waals surface area contributed by atoms with Crippen LogP contribution in [-0.2, 0) is 18.4 Å². The number of para-hydroxylation sites is 1. The maximum absolute atomic E-state index is 12.7. The second-order valence-electron chi connectivity index (χ2n) is 6.67. The molecule has 3 aromatic rings. The molecule has 1 saturated heterocycles. The van der Waals surface area contributed by atoms with E-state index in [4.69, 9.17) is 0 Å². The van der Waals surface area contributed by atoms with E-state index in [-0.39, 0.29) is 17.7 Å². The number of carbonyl (C=O) groups excluding carboxylic acids is 1. The van der Waals surface area contributed by atoms with Crippen molar-refractivity contribution >= 4 is 5.91 Å². The first-order chi connectivity index (χ1) is 12.7. The van der Waals surface area contributed by atoms with Gasteiger partial charge in [0.2, 0.25) is 5.91 Å².